The monoisotopic (exact) mass is 355 g/mol. The molecule has 2 aromatic carbocycles. The van der Waals surface area contributed by atoms with Crippen molar-refractivity contribution in [1.29, 1.82) is 0 Å². The molecule has 2 aromatic rings. The molecular weight excluding hydrogens is 340 g/mol. The third kappa shape index (κ3) is 3.60. The molecule has 5 heteroatoms. The van der Waals surface area contributed by atoms with E-state index in [1.54, 1.807) is 20.2 Å². The van der Waals surface area contributed by atoms with Crippen LogP contribution in [0.4, 0.5) is 8.78 Å². The second-order valence-electron chi connectivity index (χ2n) is 4.65. The van der Waals surface area contributed by atoms with Crippen molar-refractivity contribution in [2.75, 3.05) is 14.2 Å². The molecule has 0 radical (unpaired) electrons. The maximum Gasteiger partial charge on any atom is 0.162 e. The highest BCUT2D eigenvalue weighted by molar-refractivity contribution is 9.10. The standard InChI is InChI=1S/C16H16BrF2NO/c1-20-14(9-11-4-3-5-13(18)16(11)19)10-6-7-15(21-2)12(17)8-10/h3-8,14,20H,9H2,1-2H3. The number of nitrogens with one attached hydrogen (secondary N) is 1. The molecule has 0 bridgehead atoms. The van der Waals surface area contributed by atoms with E-state index in [1.165, 1.54) is 6.07 Å². The Bertz CT molecular complexity index is 634. The Morgan fingerprint density at radius 3 is 2.62 bits per heavy atom. The molecule has 0 heterocycles. The van der Waals surface area contributed by atoms with Crippen molar-refractivity contribution in [2.24, 2.45) is 0 Å². The summed E-state index contributed by atoms with van der Waals surface area (Å²) in [6.07, 6.45) is 0.360. The van der Waals surface area contributed by atoms with Crippen LogP contribution in [-0.2, 0) is 6.42 Å². The molecular formula is C16H16BrF2NO. The first-order valence-electron chi connectivity index (χ1n) is 6.50. The minimum Gasteiger partial charge on any atom is -0.496 e. The maximum absolute atomic E-state index is 13.8. The lowest BCUT2D eigenvalue weighted by Crippen LogP contribution is -2.19. The van der Waals surface area contributed by atoms with Crippen molar-refractivity contribution in [3.63, 3.8) is 0 Å². The van der Waals surface area contributed by atoms with E-state index in [1.807, 2.05) is 18.2 Å². The first-order valence-corrected chi connectivity index (χ1v) is 7.29. The summed E-state index contributed by atoms with van der Waals surface area (Å²) in [4.78, 5) is 0. The van der Waals surface area contributed by atoms with Crippen LogP contribution in [0, 0.1) is 11.6 Å². The van der Waals surface area contributed by atoms with Crippen molar-refractivity contribution in [2.45, 2.75) is 12.5 Å². The van der Waals surface area contributed by atoms with Gasteiger partial charge in [0.15, 0.2) is 11.6 Å². The Morgan fingerprint density at radius 1 is 1.24 bits per heavy atom. The molecule has 1 unspecified atom stereocenters. The number of benzene rings is 2. The fraction of sp³-hybridized carbons (Fsp3) is 0.250. The van der Waals surface area contributed by atoms with E-state index in [4.69, 9.17) is 4.74 Å². The van der Waals surface area contributed by atoms with E-state index in [9.17, 15) is 8.78 Å². The van der Waals surface area contributed by atoms with Gasteiger partial charge in [-0.25, -0.2) is 8.78 Å². The van der Waals surface area contributed by atoms with E-state index in [-0.39, 0.29) is 6.04 Å². The predicted octanol–water partition coefficient (Wildman–Crippen LogP) is 4.24. The fourth-order valence-corrected chi connectivity index (χ4v) is 2.77. The topological polar surface area (TPSA) is 21.3 Å². The van der Waals surface area contributed by atoms with E-state index in [2.05, 4.69) is 21.2 Å². The van der Waals surface area contributed by atoms with Crippen LogP contribution in [0.1, 0.15) is 17.2 Å². The molecule has 0 aliphatic heterocycles. The summed E-state index contributed by atoms with van der Waals surface area (Å²) in [7, 11) is 3.39. The average Bonchev–Trinajstić information content (AvgIpc) is 2.48. The van der Waals surface area contributed by atoms with Gasteiger partial charge in [0, 0.05) is 6.04 Å². The van der Waals surface area contributed by atoms with E-state index in [0.29, 0.717) is 12.0 Å². The third-order valence-corrected chi connectivity index (χ3v) is 4.00. The summed E-state index contributed by atoms with van der Waals surface area (Å²) in [6.45, 7) is 0. The highest BCUT2D eigenvalue weighted by Gasteiger charge is 2.16. The van der Waals surface area contributed by atoms with E-state index < -0.39 is 11.6 Å². The van der Waals surface area contributed by atoms with Crippen molar-refractivity contribution < 1.29 is 13.5 Å². The van der Waals surface area contributed by atoms with Gasteiger partial charge in [0.25, 0.3) is 0 Å². The number of likely N-dealkylation sites (N-methyl/N-ethyl adjacent to an activating group) is 1. The Balaban J connectivity index is 2.28. The van der Waals surface area contributed by atoms with Gasteiger partial charge < -0.3 is 10.1 Å². The Morgan fingerprint density at radius 2 is 2.00 bits per heavy atom. The Labute approximate surface area is 131 Å². The largest absolute Gasteiger partial charge is 0.496 e. The van der Waals surface area contributed by atoms with Gasteiger partial charge in [0.05, 0.1) is 11.6 Å². The molecule has 0 amide bonds. The highest BCUT2D eigenvalue weighted by Crippen LogP contribution is 2.29. The summed E-state index contributed by atoms with van der Waals surface area (Å²) >= 11 is 3.43. The first kappa shape index (κ1) is 15.9. The highest BCUT2D eigenvalue weighted by atomic mass is 79.9. The summed E-state index contributed by atoms with van der Waals surface area (Å²) in [5, 5.41) is 3.13. The van der Waals surface area contributed by atoms with Crippen LogP contribution in [0.25, 0.3) is 0 Å². The van der Waals surface area contributed by atoms with Crippen LogP contribution in [0.15, 0.2) is 40.9 Å². The van der Waals surface area contributed by atoms with Crippen LogP contribution >= 0.6 is 15.9 Å². The molecule has 0 aromatic heterocycles. The molecule has 2 rings (SSSR count). The van der Waals surface area contributed by atoms with Gasteiger partial charge >= 0.3 is 0 Å². The van der Waals surface area contributed by atoms with Crippen molar-refractivity contribution in [1.82, 2.24) is 5.32 Å². The van der Waals surface area contributed by atoms with Gasteiger partial charge in [-0.15, -0.1) is 0 Å². The predicted molar refractivity (Wildman–Crippen MR) is 82.6 cm³/mol. The summed E-state index contributed by atoms with van der Waals surface area (Å²) in [5.41, 5.74) is 1.31. The second kappa shape index (κ2) is 7.00. The lowest BCUT2D eigenvalue weighted by atomic mass is 9.98. The Kier molecular flexibility index (Phi) is 5.31. The number of halogens is 3. The number of rotatable bonds is 5. The molecule has 21 heavy (non-hydrogen) atoms. The molecule has 112 valence electrons. The molecule has 0 spiro atoms. The molecule has 1 N–H and O–H groups in total. The minimum atomic E-state index is -0.821. The van der Waals surface area contributed by atoms with Crippen LogP contribution in [0.5, 0.6) is 5.75 Å². The molecule has 0 aliphatic rings. The smallest absolute Gasteiger partial charge is 0.162 e. The summed E-state index contributed by atoms with van der Waals surface area (Å²) in [6, 6.07) is 9.77. The average molecular weight is 356 g/mol. The zero-order valence-corrected chi connectivity index (χ0v) is 13.4. The Hall–Kier alpha value is -1.46. The van der Waals surface area contributed by atoms with Gasteiger partial charge in [-0.05, 0) is 58.7 Å². The fourth-order valence-electron chi connectivity index (χ4n) is 2.21. The van der Waals surface area contributed by atoms with Crippen molar-refractivity contribution in [3.8, 4) is 5.75 Å². The lowest BCUT2D eigenvalue weighted by Gasteiger charge is -2.18. The quantitative estimate of drug-likeness (QED) is 0.865. The van der Waals surface area contributed by atoms with Gasteiger partial charge in [0.2, 0.25) is 0 Å². The van der Waals surface area contributed by atoms with E-state index >= 15 is 0 Å². The number of hydrogen-bond acceptors (Lipinski definition) is 2. The van der Waals surface area contributed by atoms with Gasteiger partial charge in [-0.1, -0.05) is 18.2 Å². The summed E-state index contributed by atoms with van der Waals surface area (Å²) in [5.74, 6) is -0.880. The number of ether oxygens (including phenoxy) is 1. The molecule has 0 saturated carbocycles. The van der Waals surface area contributed by atoms with Crippen molar-refractivity contribution >= 4 is 15.9 Å². The van der Waals surface area contributed by atoms with Crippen LogP contribution < -0.4 is 10.1 Å². The molecule has 0 aliphatic carbocycles. The number of methoxy groups -OCH3 is 1. The molecule has 2 nitrogen and oxygen atoms in total. The number of hydrogen-bond donors (Lipinski definition) is 1. The van der Waals surface area contributed by atoms with Crippen LogP contribution in [0.2, 0.25) is 0 Å². The van der Waals surface area contributed by atoms with Gasteiger partial charge in [0.1, 0.15) is 5.75 Å². The first-order chi connectivity index (χ1) is 10.1. The zero-order chi connectivity index (χ0) is 15.4. The molecule has 1 atom stereocenters. The van der Waals surface area contributed by atoms with E-state index in [0.717, 1.165) is 21.9 Å². The molecule has 0 fully saturated rings. The maximum atomic E-state index is 13.8. The van der Waals surface area contributed by atoms with Crippen LogP contribution in [-0.4, -0.2) is 14.2 Å². The van der Waals surface area contributed by atoms with Crippen LogP contribution in [0.3, 0.4) is 0 Å². The van der Waals surface area contributed by atoms with Gasteiger partial charge in [-0.3, -0.25) is 0 Å². The van der Waals surface area contributed by atoms with Crippen molar-refractivity contribution in [3.05, 3.63) is 63.6 Å². The second-order valence-corrected chi connectivity index (χ2v) is 5.51. The summed E-state index contributed by atoms with van der Waals surface area (Å²) < 4.78 is 33.1. The normalized spacial score (nSPS) is 12.2. The molecule has 0 saturated heterocycles. The minimum absolute atomic E-state index is 0.122. The zero-order valence-electron chi connectivity index (χ0n) is 11.8. The third-order valence-electron chi connectivity index (χ3n) is 3.38. The van der Waals surface area contributed by atoms with Gasteiger partial charge in [-0.2, -0.15) is 0 Å². The SMILES string of the molecule is CNC(Cc1cccc(F)c1F)c1ccc(OC)c(Br)c1. The lowest BCUT2D eigenvalue weighted by molar-refractivity contribution is 0.411.